The van der Waals surface area contributed by atoms with Crippen molar-refractivity contribution in [2.75, 3.05) is 11.8 Å². The molecule has 1 rings (SSSR count). The maximum absolute atomic E-state index is 5.83. The van der Waals surface area contributed by atoms with Crippen LogP contribution in [0.15, 0.2) is 6.33 Å². The van der Waals surface area contributed by atoms with E-state index in [-0.39, 0.29) is 5.54 Å². The van der Waals surface area contributed by atoms with Crippen molar-refractivity contribution in [3.05, 3.63) is 12.2 Å². The van der Waals surface area contributed by atoms with Crippen molar-refractivity contribution in [2.45, 2.75) is 32.5 Å². The minimum atomic E-state index is -0.256. The number of nitrogens with zero attached hydrogens (tertiary/aromatic N) is 3. The van der Waals surface area contributed by atoms with Gasteiger partial charge in [-0.1, -0.05) is 0 Å². The third-order valence-electron chi connectivity index (χ3n) is 2.26. The molecule has 0 saturated heterocycles. The first-order chi connectivity index (χ1) is 7.15. The summed E-state index contributed by atoms with van der Waals surface area (Å²) in [5.41, 5.74) is -0.256. The monoisotopic (exact) mass is 250 g/mol. The van der Waals surface area contributed by atoms with Gasteiger partial charge in [-0.3, -0.25) is 0 Å². The molecule has 0 amide bonds. The Morgan fingerprint density at radius 1 is 1.47 bits per heavy atom. The molecule has 1 heterocycles. The van der Waals surface area contributed by atoms with Gasteiger partial charge in [-0.15, -0.1) is 23.2 Å². The first-order valence-corrected chi connectivity index (χ1v) is 5.95. The smallest absolute Gasteiger partial charge is 0.140 e. The third kappa shape index (κ3) is 3.33. The summed E-state index contributed by atoms with van der Waals surface area (Å²) < 4.78 is 1.84. The largest absolute Gasteiger partial charge is 0.302 e. The van der Waals surface area contributed by atoms with E-state index in [1.807, 2.05) is 18.5 Å². The first kappa shape index (κ1) is 12.7. The summed E-state index contributed by atoms with van der Waals surface area (Å²) in [4.78, 5) is 4.16. The molecule has 86 valence electrons. The number of rotatable bonds is 6. The Hall–Kier alpha value is -0.320. The van der Waals surface area contributed by atoms with Crippen molar-refractivity contribution in [3.8, 4) is 0 Å². The maximum atomic E-state index is 5.83. The van der Waals surface area contributed by atoms with Crippen molar-refractivity contribution in [1.29, 1.82) is 0 Å². The standard InChI is InChI=1S/C9H16Cl2N4/c1-3-15-8(12-7-14-15)4-13-9(2,5-10)6-11/h7,13H,3-6H2,1-2H3. The van der Waals surface area contributed by atoms with Crippen molar-refractivity contribution >= 4 is 23.2 Å². The lowest BCUT2D eigenvalue weighted by Gasteiger charge is -2.25. The number of hydrogen-bond donors (Lipinski definition) is 1. The van der Waals surface area contributed by atoms with Crippen LogP contribution in [0, 0.1) is 0 Å². The first-order valence-electron chi connectivity index (χ1n) is 4.89. The van der Waals surface area contributed by atoms with Gasteiger partial charge in [0, 0.05) is 23.8 Å². The number of aryl methyl sites for hydroxylation is 1. The second-order valence-electron chi connectivity index (χ2n) is 3.67. The molecule has 0 aliphatic rings. The van der Waals surface area contributed by atoms with Gasteiger partial charge in [-0.05, 0) is 13.8 Å². The highest BCUT2D eigenvalue weighted by molar-refractivity contribution is 6.22. The van der Waals surface area contributed by atoms with Crippen LogP contribution in [0.5, 0.6) is 0 Å². The van der Waals surface area contributed by atoms with Gasteiger partial charge in [0.15, 0.2) is 0 Å². The van der Waals surface area contributed by atoms with Gasteiger partial charge in [0.1, 0.15) is 12.2 Å². The van der Waals surface area contributed by atoms with E-state index in [2.05, 4.69) is 15.4 Å². The Labute approximate surface area is 100.0 Å². The third-order valence-corrected chi connectivity index (χ3v) is 3.44. The molecule has 1 N–H and O–H groups in total. The van der Waals surface area contributed by atoms with Crippen LogP contribution in [0.4, 0.5) is 0 Å². The number of hydrogen-bond acceptors (Lipinski definition) is 3. The van der Waals surface area contributed by atoms with E-state index in [0.717, 1.165) is 12.4 Å². The number of alkyl halides is 2. The zero-order chi connectivity index (χ0) is 11.3. The van der Waals surface area contributed by atoms with Gasteiger partial charge in [0.2, 0.25) is 0 Å². The van der Waals surface area contributed by atoms with E-state index in [1.54, 1.807) is 6.33 Å². The summed E-state index contributed by atoms with van der Waals surface area (Å²) in [5.74, 6) is 1.84. The average molecular weight is 251 g/mol. The molecule has 0 saturated carbocycles. The molecule has 0 aliphatic heterocycles. The molecular weight excluding hydrogens is 235 g/mol. The zero-order valence-electron chi connectivity index (χ0n) is 9.00. The minimum Gasteiger partial charge on any atom is -0.302 e. The number of nitrogens with one attached hydrogen (secondary N) is 1. The molecule has 15 heavy (non-hydrogen) atoms. The summed E-state index contributed by atoms with van der Waals surface area (Å²) in [6.07, 6.45) is 1.55. The summed E-state index contributed by atoms with van der Waals surface area (Å²) in [7, 11) is 0. The molecule has 0 unspecified atom stereocenters. The van der Waals surface area contributed by atoms with Crippen LogP contribution in [0.2, 0.25) is 0 Å². The fraction of sp³-hybridized carbons (Fsp3) is 0.778. The molecule has 0 bridgehead atoms. The highest BCUT2D eigenvalue weighted by Gasteiger charge is 2.21. The zero-order valence-corrected chi connectivity index (χ0v) is 10.5. The molecule has 0 atom stereocenters. The van der Waals surface area contributed by atoms with Gasteiger partial charge >= 0.3 is 0 Å². The Kier molecular flexibility index (Phi) is 4.83. The molecule has 6 heteroatoms. The average Bonchev–Trinajstić information content (AvgIpc) is 2.73. The van der Waals surface area contributed by atoms with Crippen LogP contribution in [-0.2, 0) is 13.1 Å². The molecule has 0 spiro atoms. The Balaban J connectivity index is 2.56. The van der Waals surface area contributed by atoms with E-state index in [9.17, 15) is 0 Å². The molecule has 0 aliphatic carbocycles. The fourth-order valence-electron chi connectivity index (χ4n) is 1.11. The molecule has 0 aromatic carbocycles. The lowest BCUT2D eigenvalue weighted by Crippen LogP contribution is -2.45. The minimum absolute atomic E-state index is 0.256. The topological polar surface area (TPSA) is 42.7 Å². The van der Waals surface area contributed by atoms with Crippen LogP contribution in [0.1, 0.15) is 19.7 Å². The van der Waals surface area contributed by atoms with Crippen LogP contribution in [0.25, 0.3) is 0 Å². The van der Waals surface area contributed by atoms with E-state index in [1.165, 1.54) is 0 Å². The lowest BCUT2D eigenvalue weighted by atomic mass is 10.1. The highest BCUT2D eigenvalue weighted by Crippen LogP contribution is 2.09. The number of halogens is 2. The Morgan fingerprint density at radius 2 is 2.13 bits per heavy atom. The summed E-state index contributed by atoms with van der Waals surface area (Å²) in [5, 5.41) is 7.37. The van der Waals surface area contributed by atoms with E-state index >= 15 is 0 Å². The fourth-order valence-corrected chi connectivity index (χ4v) is 1.59. The molecule has 0 radical (unpaired) electrons. The Morgan fingerprint density at radius 3 is 2.67 bits per heavy atom. The summed E-state index contributed by atoms with van der Waals surface area (Å²) >= 11 is 11.7. The molecule has 1 aromatic heterocycles. The van der Waals surface area contributed by atoms with E-state index < -0.39 is 0 Å². The quantitative estimate of drug-likeness (QED) is 0.781. The summed E-state index contributed by atoms with van der Waals surface area (Å²) in [6.45, 7) is 5.46. The molecule has 1 aromatic rings. The predicted molar refractivity (Wildman–Crippen MR) is 62.4 cm³/mol. The van der Waals surface area contributed by atoms with Crippen molar-refractivity contribution in [1.82, 2.24) is 20.1 Å². The Bertz CT molecular complexity index is 296. The second-order valence-corrected chi connectivity index (χ2v) is 4.21. The summed E-state index contributed by atoms with van der Waals surface area (Å²) in [6, 6.07) is 0. The highest BCUT2D eigenvalue weighted by atomic mass is 35.5. The van der Waals surface area contributed by atoms with Gasteiger partial charge in [0.05, 0.1) is 6.54 Å². The molecule has 0 fully saturated rings. The van der Waals surface area contributed by atoms with Crippen molar-refractivity contribution < 1.29 is 0 Å². The van der Waals surface area contributed by atoms with Crippen molar-refractivity contribution in [3.63, 3.8) is 0 Å². The van der Waals surface area contributed by atoms with Crippen LogP contribution in [-0.4, -0.2) is 32.1 Å². The van der Waals surface area contributed by atoms with Gasteiger partial charge in [-0.2, -0.15) is 5.10 Å². The van der Waals surface area contributed by atoms with Crippen LogP contribution >= 0.6 is 23.2 Å². The molecule has 4 nitrogen and oxygen atoms in total. The van der Waals surface area contributed by atoms with Gasteiger partial charge in [0.25, 0.3) is 0 Å². The lowest BCUT2D eigenvalue weighted by molar-refractivity contribution is 0.418. The maximum Gasteiger partial charge on any atom is 0.140 e. The van der Waals surface area contributed by atoms with Crippen LogP contribution < -0.4 is 5.32 Å². The SMILES string of the molecule is CCn1ncnc1CNC(C)(CCl)CCl. The van der Waals surface area contributed by atoms with Gasteiger partial charge < -0.3 is 5.32 Å². The normalized spacial score (nSPS) is 12.0. The second kappa shape index (κ2) is 5.68. The van der Waals surface area contributed by atoms with Gasteiger partial charge in [-0.25, -0.2) is 9.67 Å². The van der Waals surface area contributed by atoms with E-state index in [0.29, 0.717) is 18.3 Å². The predicted octanol–water partition coefficient (Wildman–Crippen LogP) is 1.62. The number of aromatic nitrogens is 3. The van der Waals surface area contributed by atoms with Crippen molar-refractivity contribution in [2.24, 2.45) is 0 Å². The van der Waals surface area contributed by atoms with Crippen LogP contribution in [0.3, 0.4) is 0 Å². The molecular formula is C9H16Cl2N4. The van der Waals surface area contributed by atoms with E-state index in [4.69, 9.17) is 23.2 Å².